The normalized spacial score (nSPS) is 19.2. The average Bonchev–Trinajstić information content (AvgIpc) is 2.66. The van der Waals surface area contributed by atoms with Crippen molar-refractivity contribution in [2.75, 3.05) is 6.54 Å². The highest BCUT2D eigenvalue weighted by Gasteiger charge is 2.33. The van der Waals surface area contributed by atoms with Crippen LogP contribution >= 0.6 is 0 Å². The van der Waals surface area contributed by atoms with Crippen LogP contribution in [0, 0.1) is 13.8 Å². The number of hydrogen-bond donors (Lipinski definition) is 1. The molecule has 0 aromatic heterocycles. The molecule has 0 radical (unpaired) electrons. The molecular weight excluding hydrogens is 405 g/mol. The van der Waals surface area contributed by atoms with E-state index in [1.54, 1.807) is 4.90 Å². The lowest BCUT2D eigenvalue weighted by atomic mass is 9.91. The van der Waals surface area contributed by atoms with Crippen LogP contribution in [0.1, 0.15) is 52.4 Å². The molecule has 0 bridgehead atoms. The Morgan fingerprint density at radius 1 is 1.06 bits per heavy atom. The summed E-state index contributed by atoms with van der Waals surface area (Å²) in [5, 5.41) is 2.92. The van der Waals surface area contributed by atoms with Gasteiger partial charge in [-0.2, -0.15) is 13.2 Å². The second kappa shape index (κ2) is 9.12. The monoisotopic (exact) mass is 432 g/mol. The largest absolute Gasteiger partial charge is 0.416 e. The van der Waals surface area contributed by atoms with E-state index in [-0.39, 0.29) is 23.9 Å². The number of rotatable bonds is 4. The third kappa shape index (κ3) is 5.87. The predicted molar refractivity (Wildman–Crippen MR) is 113 cm³/mol. The van der Waals surface area contributed by atoms with Crippen LogP contribution in [0.2, 0.25) is 0 Å². The highest BCUT2D eigenvalue weighted by Crippen LogP contribution is 2.30. The molecule has 31 heavy (non-hydrogen) atoms. The Morgan fingerprint density at radius 2 is 1.68 bits per heavy atom. The molecule has 2 amide bonds. The minimum atomic E-state index is -4.38. The number of amides is 2. The number of alkyl halides is 3. The Kier molecular flexibility index (Phi) is 6.72. The van der Waals surface area contributed by atoms with Gasteiger partial charge in [-0.25, -0.2) is 0 Å². The van der Waals surface area contributed by atoms with Crippen molar-refractivity contribution in [3.63, 3.8) is 0 Å². The van der Waals surface area contributed by atoms with Crippen LogP contribution in [-0.2, 0) is 17.4 Å². The Bertz CT molecular complexity index is 934. The Labute approximate surface area is 180 Å². The van der Waals surface area contributed by atoms with E-state index in [9.17, 15) is 22.8 Å². The summed E-state index contributed by atoms with van der Waals surface area (Å²) >= 11 is 0. The maximum Gasteiger partial charge on any atom is 0.416 e. The molecule has 1 aliphatic heterocycles. The number of piperidine rings is 1. The first-order chi connectivity index (χ1) is 14.5. The van der Waals surface area contributed by atoms with Gasteiger partial charge in [0.15, 0.2) is 0 Å². The number of halogens is 3. The molecule has 1 saturated heterocycles. The van der Waals surface area contributed by atoms with Crippen molar-refractivity contribution in [3.05, 3.63) is 70.3 Å². The van der Waals surface area contributed by atoms with Gasteiger partial charge in [-0.3, -0.25) is 9.59 Å². The zero-order valence-corrected chi connectivity index (χ0v) is 17.9. The Balaban J connectivity index is 1.84. The molecule has 1 heterocycles. The molecule has 2 aromatic carbocycles. The predicted octanol–water partition coefficient (Wildman–Crippen LogP) is 4.67. The van der Waals surface area contributed by atoms with Crippen molar-refractivity contribution in [2.24, 2.45) is 0 Å². The number of benzene rings is 2. The zero-order chi connectivity index (χ0) is 22.8. The van der Waals surface area contributed by atoms with Crippen molar-refractivity contribution in [3.8, 4) is 0 Å². The molecule has 2 atom stereocenters. The smallest absolute Gasteiger partial charge is 0.353 e. The summed E-state index contributed by atoms with van der Waals surface area (Å²) in [6.45, 7) is 5.80. The van der Waals surface area contributed by atoms with Crippen LogP contribution in [0.5, 0.6) is 0 Å². The van der Waals surface area contributed by atoms with Gasteiger partial charge in [-0.15, -0.1) is 0 Å². The van der Waals surface area contributed by atoms with Gasteiger partial charge in [0, 0.05) is 31.1 Å². The molecule has 1 N–H and O–H groups in total. The average molecular weight is 432 g/mol. The minimum Gasteiger partial charge on any atom is -0.353 e. The third-order valence-corrected chi connectivity index (χ3v) is 5.61. The number of hydrogen-bond acceptors (Lipinski definition) is 2. The first-order valence-corrected chi connectivity index (χ1v) is 10.4. The highest BCUT2D eigenvalue weighted by atomic mass is 19.4. The topological polar surface area (TPSA) is 49.4 Å². The van der Waals surface area contributed by atoms with Crippen LogP contribution in [0.4, 0.5) is 13.2 Å². The van der Waals surface area contributed by atoms with Crippen LogP contribution in [0.25, 0.3) is 0 Å². The van der Waals surface area contributed by atoms with Gasteiger partial charge in [0.2, 0.25) is 5.91 Å². The van der Waals surface area contributed by atoms with Gasteiger partial charge in [-0.05, 0) is 62.9 Å². The van der Waals surface area contributed by atoms with Gasteiger partial charge in [0.05, 0.1) is 5.56 Å². The SMILES string of the molecule is CC(=O)NC1CCN(C(=O)c2cc(C)cc(C)c2)C(Cc2ccc(C(F)(F)F)cc2)C1. The second-order valence-electron chi connectivity index (χ2n) is 8.35. The molecule has 4 nitrogen and oxygen atoms in total. The first kappa shape index (κ1) is 22.8. The van der Waals surface area contributed by atoms with Gasteiger partial charge in [-0.1, -0.05) is 29.3 Å². The number of nitrogens with zero attached hydrogens (tertiary/aromatic N) is 1. The molecule has 1 fully saturated rings. The quantitative estimate of drug-likeness (QED) is 0.763. The van der Waals surface area contributed by atoms with Crippen molar-refractivity contribution in [1.29, 1.82) is 0 Å². The molecule has 0 spiro atoms. The fourth-order valence-corrected chi connectivity index (χ4v) is 4.30. The molecule has 1 aliphatic rings. The first-order valence-electron chi connectivity index (χ1n) is 10.4. The standard InChI is InChI=1S/C24H27F3N2O2/c1-15-10-16(2)12-19(11-15)23(31)29-9-8-21(28-17(3)30)14-22(29)13-18-4-6-20(7-5-18)24(25,26)27/h4-7,10-12,21-22H,8-9,13-14H2,1-3H3,(H,28,30). The van der Waals surface area contributed by atoms with Crippen LogP contribution in [0.15, 0.2) is 42.5 Å². The summed E-state index contributed by atoms with van der Waals surface area (Å²) in [6, 6.07) is 10.5. The van der Waals surface area contributed by atoms with Crippen molar-refractivity contribution < 1.29 is 22.8 Å². The van der Waals surface area contributed by atoms with Gasteiger partial charge >= 0.3 is 6.18 Å². The van der Waals surface area contributed by atoms with Crippen LogP contribution < -0.4 is 5.32 Å². The molecule has 2 aromatic rings. The molecule has 0 aliphatic carbocycles. The van der Waals surface area contributed by atoms with E-state index in [0.717, 1.165) is 28.8 Å². The summed E-state index contributed by atoms with van der Waals surface area (Å²) in [7, 11) is 0. The Morgan fingerprint density at radius 3 is 2.23 bits per heavy atom. The summed E-state index contributed by atoms with van der Waals surface area (Å²) in [4.78, 5) is 26.6. The molecular formula is C24H27F3N2O2. The molecule has 3 rings (SSSR count). The van der Waals surface area contributed by atoms with Gasteiger partial charge in [0.25, 0.3) is 5.91 Å². The summed E-state index contributed by atoms with van der Waals surface area (Å²) in [5.74, 6) is -0.225. The maximum atomic E-state index is 13.3. The second-order valence-corrected chi connectivity index (χ2v) is 8.35. The lowest BCUT2D eigenvalue weighted by molar-refractivity contribution is -0.137. The van der Waals surface area contributed by atoms with Crippen molar-refractivity contribution >= 4 is 11.8 Å². The number of aryl methyl sites for hydroxylation is 2. The summed E-state index contributed by atoms with van der Waals surface area (Å²) in [6.07, 6.45) is -2.77. The lowest BCUT2D eigenvalue weighted by Gasteiger charge is -2.40. The number of likely N-dealkylation sites (tertiary alicyclic amines) is 1. The van der Waals surface area contributed by atoms with Crippen molar-refractivity contribution in [1.82, 2.24) is 10.2 Å². The Hall–Kier alpha value is -2.83. The molecule has 2 unspecified atom stereocenters. The van der Waals surface area contributed by atoms with E-state index in [2.05, 4.69) is 5.32 Å². The summed E-state index contributed by atoms with van der Waals surface area (Å²) < 4.78 is 38.6. The van der Waals surface area contributed by atoms with E-state index < -0.39 is 11.7 Å². The maximum absolute atomic E-state index is 13.3. The number of carbonyl (C=O) groups is 2. The molecule has 7 heteroatoms. The van der Waals surface area contributed by atoms with Crippen molar-refractivity contribution in [2.45, 2.75) is 58.3 Å². The number of carbonyl (C=O) groups excluding carboxylic acids is 2. The lowest BCUT2D eigenvalue weighted by Crippen LogP contribution is -2.52. The number of nitrogens with one attached hydrogen (secondary N) is 1. The van der Waals surface area contributed by atoms with E-state index in [1.165, 1.54) is 19.1 Å². The minimum absolute atomic E-state index is 0.0692. The summed E-state index contributed by atoms with van der Waals surface area (Å²) in [5.41, 5.74) is 2.62. The van der Waals surface area contributed by atoms with Gasteiger partial charge in [0.1, 0.15) is 0 Å². The van der Waals surface area contributed by atoms with Crippen LogP contribution in [0.3, 0.4) is 0 Å². The van der Waals surface area contributed by atoms with E-state index in [1.807, 2.05) is 32.0 Å². The molecule has 0 saturated carbocycles. The fourth-order valence-electron chi connectivity index (χ4n) is 4.30. The third-order valence-electron chi connectivity index (χ3n) is 5.61. The van der Waals surface area contributed by atoms with E-state index in [4.69, 9.17) is 0 Å². The molecule has 166 valence electrons. The highest BCUT2D eigenvalue weighted by molar-refractivity contribution is 5.95. The zero-order valence-electron chi connectivity index (χ0n) is 17.9. The van der Waals surface area contributed by atoms with E-state index in [0.29, 0.717) is 31.4 Å². The fraction of sp³-hybridized carbons (Fsp3) is 0.417. The van der Waals surface area contributed by atoms with Gasteiger partial charge < -0.3 is 10.2 Å². The van der Waals surface area contributed by atoms with E-state index >= 15 is 0 Å². The van der Waals surface area contributed by atoms with Crippen LogP contribution in [-0.4, -0.2) is 35.3 Å².